The van der Waals surface area contributed by atoms with Gasteiger partial charge in [0.15, 0.2) is 0 Å². The molecule has 1 aliphatic rings. The molecule has 6 heteroatoms. The molecule has 1 aliphatic heterocycles. The first-order valence-corrected chi connectivity index (χ1v) is 4.76. The Bertz CT molecular complexity index is 259. The molecule has 84 valence electrons. The summed E-state index contributed by atoms with van der Waals surface area (Å²) in [7, 11) is 1.27. The van der Waals surface area contributed by atoms with Crippen LogP contribution < -0.4 is 5.32 Å². The van der Waals surface area contributed by atoms with Crippen LogP contribution >= 0.6 is 0 Å². The summed E-state index contributed by atoms with van der Waals surface area (Å²) >= 11 is 0. The number of hydrogen-bond donors (Lipinski definition) is 1. The summed E-state index contributed by atoms with van der Waals surface area (Å²) in [4.78, 5) is 34.8. The van der Waals surface area contributed by atoms with E-state index in [0.717, 1.165) is 4.90 Å². The molecule has 0 aliphatic carbocycles. The molecule has 0 bridgehead atoms. The highest BCUT2D eigenvalue weighted by Gasteiger charge is 2.24. The maximum Gasteiger partial charge on any atom is 0.307 e. The van der Waals surface area contributed by atoms with Gasteiger partial charge in [0.2, 0.25) is 11.8 Å². The van der Waals surface area contributed by atoms with Gasteiger partial charge in [0, 0.05) is 19.5 Å². The number of carbonyl (C=O) groups excluding carboxylic acids is 3. The first kappa shape index (κ1) is 11.6. The number of imide groups is 1. The van der Waals surface area contributed by atoms with Gasteiger partial charge in [0.05, 0.1) is 20.1 Å². The number of methoxy groups -OCH3 is 1. The molecule has 0 aromatic heterocycles. The molecule has 1 N–H and O–H groups in total. The summed E-state index contributed by atoms with van der Waals surface area (Å²) in [5, 5.41) is 2.83. The van der Waals surface area contributed by atoms with Gasteiger partial charge in [-0.1, -0.05) is 0 Å². The van der Waals surface area contributed by atoms with E-state index >= 15 is 0 Å². The smallest absolute Gasteiger partial charge is 0.307 e. The zero-order valence-electron chi connectivity index (χ0n) is 8.62. The average Bonchev–Trinajstić information content (AvgIpc) is 2.38. The van der Waals surface area contributed by atoms with Crippen LogP contribution in [0.4, 0.5) is 0 Å². The van der Waals surface area contributed by atoms with E-state index in [1.807, 2.05) is 0 Å². The standard InChI is InChI=1S/C9H14N2O4/c1-15-9(14)3-5-11-7(12)2-4-10-6-8(11)13/h10H,2-6H2,1H3. The normalized spacial score (nSPS) is 17.5. The quantitative estimate of drug-likeness (QED) is 0.476. The zero-order chi connectivity index (χ0) is 11.3. The predicted octanol–water partition coefficient (Wildman–Crippen LogP) is -1.10. The van der Waals surface area contributed by atoms with Crippen molar-refractivity contribution in [2.45, 2.75) is 12.8 Å². The highest BCUT2D eigenvalue weighted by atomic mass is 16.5. The van der Waals surface area contributed by atoms with Crippen LogP contribution in [-0.2, 0) is 19.1 Å². The van der Waals surface area contributed by atoms with Crippen molar-refractivity contribution >= 4 is 17.8 Å². The molecule has 1 saturated heterocycles. The molecular weight excluding hydrogens is 200 g/mol. The molecule has 15 heavy (non-hydrogen) atoms. The lowest BCUT2D eigenvalue weighted by molar-refractivity contribution is -0.145. The van der Waals surface area contributed by atoms with Gasteiger partial charge in [-0.15, -0.1) is 0 Å². The third-order valence-corrected chi connectivity index (χ3v) is 2.16. The minimum Gasteiger partial charge on any atom is -0.469 e. The van der Waals surface area contributed by atoms with Crippen molar-refractivity contribution in [2.24, 2.45) is 0 Å². The molecule has 1 fully saturated rings. The molecule has 1 heterocycles. The third-order valence-electron chi connectivity index (χ3n) is 2.16. The summed E-state index contributed by atoms with van der Waals surface area (Å²) in [6.07, 6.45) is 0.334. The van der Waals surface area contributed by atoms with Crippen LogP contribution in [0.5, 0.6) is 0 Å². The lowest BCUT2D eigenvalue weighted by atomic mass is 10.3. The van der Waals surface area contributed by atoms with Gasteiger partial charge in [-0.25, -0.2) is 0 Å². The molecule has 0 unspecified atom stereocenters. The van der Waals surface area contributed by atoms with Crippen molar-refractivity contribution in [3.05, 3.63) is 0 Å². The first-order chi connectivity index (χ1) is 7.15. The molecule has 0 aromatic carbocycles. The molecule has 0 spiro atoms. The molecule has 0 aromatic rings. The number of rotatable bonds is 3. The number of carbonyl (C=O) groups is 3. The number of nitrogens with zero attached hydrogens (tertiary/aromatic N) is 1. The highest BCUT2D eigenvalue weighted by molar-refractivity contribution is 5.97. The third kappa shape index (κ3) is 3.32. The first-order valence-electron chi connectivity index (χ1n) is 4.76. The minimum atomic E-state index is -0.423. The molecule has 0 radical (unpaired) electrons. The molecule has 2 amide bonds. The van der Waals surface area contributed by atoms with Crippen LogP contribution in [0, 0.1) is 0 Å². The summed E-state index contributed by atoms with van der Waals surface area (Å²) in [5.41, 5.74) is 0. The maximum absolute atomic E-state index is 11.4. The van der Waals surface area contributed by atoms with Gasteiger partial charge in [0.25, 0.3) is 0 Å². The lowest BCUT2D eigenvalue weighted by Crippen LogP contribution is -2.39. The van der Waals surface area contributed by atoms with Gasteiger partial charge in [-0.05, 0) is 0 Å². The fourth-order valence-electron chi connectivity index (χ4n) is 1.31. The molecule has 1 rings (SSSR count). The molecule has 0 atom stereocenters. The largest absolute Gasteiger partial charge is 0.469 e. The fraction of sp³-hybridized carbons (Fsp3) is 0.667. The fourth-order valence-corrected chi connectivity index (χ4v) is 1.31. The highest BCUT2D eigenvalue weighted by Crippen LogP contribution is 2.01. The Hall–Kier alpha value is -1.43. The van der Waals surface area contributed by atoms with E-state index in [-0.39, 0.29) is 37.7 Å². The zero-order valence-corrected chi connectivity index (χ0v) is 8.62. The van der Waals surface area contributed by atoms with Gasteiger partial charge in [-0.3, -0.25) is 19.3 Å². The van der Waals surface area contributed by atoms with E-state index in [4.69, 9.17) is 0 Å². The van der Waals surface area contributed by atoms with Gasteiger partial charge in [0.1, 0.15) is 0 Å². The van der Waals surface area contributed by atoms with Crippen molar-refractivity contribution in [3.8, 4) is 0 Å². The van der Waals surface area contributed by atoms with Crippen molar-refractivity contribution in [2.75, 3.05) is 26.7 Å². The Morgan fingerprint density at radius 3 is 2.87 bits per heavy atom. The Morgan fingerprint density at radius 2 is 2.20 bits per heavy atom. The van der Waals surface area contributed by atoms with Gasteiger partial charge < -0.3 is 10.1 Å². The monoisotopic (exact) mass is 214 g/mol. The van der Waals surface area contributed by atoms with Gasteiger partial charge >= 0.3 is 5.97 Å². The summed E-state index contributed by atoms with van der Waals surface area (Å²) in [5.74, 6) is -0.955. The van der Waals surface area contributed by atoms with Crippen LogP contribution in [0.15, 0.2) is 0 Å². The summed E-state index contributed by atoms with van der Waals surface area (Å²) in [6.45, 7) is 0.748. The van der Waals surface area contributed by atoms with E-state index in [1.165, 1.54) is 7.11 Å². The number of amides is 2. The lowest BCUT2D eigenvalue weighted by Gasteiger charge is -2.17. The molecule has 0 saturated carbocycles. The van der Waals surface area contributed by atoms with Crippen molar-refractivity contribution in [1.82, 2.24) is 10.2 Å². The van der Waals surface area contributed by atoms with Crippen molar-refractivity contribution in [1.29, 1.82) is 0 Å². The summed E-state index contributed by atoms with van der Waals surface area (Å²) in [6, 6.07) is 0. The Kier molecular flexibility index (Phi) is 4.23. The average molecular weight is 214 g/mol. The SMILES string of the molecule is COC(=O)CCN1C(=O)CCNCC1=O. The second-order valence-corrected chi connectivity index (χ2v) is 3.19. The van der Waals surface area contributed by atoms with Crippen LogP contribution in [0.2, 0.25) is 0 Å². The second kappa shape index (κ2) is 5.45. The maximum atomic E-state index is 11.4. The Morgan fingerprint density at radius 1 is 1.47 bits per heavy atom. The predicted molar refractivity (Wildman–Crippen MR) is 50.8 cm³/mol. The summed E-state index contributed by atoms with van der Waals surface area (Å²) < 4.78 is 4.44. The van der Waals surface area contributed by atoms with E-state index in [2.05, 4.69) is 10.1 Å². The number of esters is 1. The van der Waals surface area contributed by atoms with Crippen molar-refractivity contribution in [3.63, 3.8) is 0 Å². The number of hydrogen-bond acceptors (Lipinski definition) is 5. The van der Waals surface area contributed by atoms with Gasteiger partial charge in [-0.2, -0.15) is 0 Å². The number of nitrogens with one attached hydrogen (secondary N) is 1. The Balaban J connectivity index is 2.52. The Labute approximate surface area is 87.6 Å². The van der Waals surface area contributed by atoms with E-state index in [9.17, 15) is 14.4 Å². The van der Waals surface area contributed by atoms with Crippen LogP contribution in [0.3, 0.4) is 0 Å². The van der Waals surface area contributed by atoms with Crippen LogP contribution in [-0.4, -0.2) is 49.4 Å². The topological polar surface area (TPSA) is 75.7 Å². The van der Waals surface area contributed by atoms with E-state index < -0.39 is 5.97 Å². The van der Waals surface area contributed by atoms with E-state index in [0.29, 0.717) is 6.54 Å². The molecular formula is C9H14N2O4. The van der Waals surface area contributed by atoms with Crippen LogP contribution in [0.25, 0.3) is 0 Å². The molecule has 6 nitrogen and oxygen atoms in total. The van der Waals surface area contributed by atoms with Crippen molar-refractivity contribution < 1.29 is 19.1 Å². The second-order valence-electron chi connectivity index (χ2n) is 3.19. The number of ether oxygens (including phenoxy) is 1. The van der Waals surface area contributed by atoms with Crippen LogP contribution in [0.1, 0.15) is 12.8 Å². The van der Waals surface area contributed by atoms with E-state index in [1.54, 1.807) is 0 Å². The minimum absolute atomic E-state index is 0.0496.